The van der Waals surface area contributed by atoms with Gasteiger partial charge in [0.25, 0.3) is 0 Å². The maximum absolute atomic E-state index is 12.9. The van der Waals surface area contributed by atoms with Crippen LogP contribution in [0.1, 0.15) is 29.4 Å². The van der Waals surface area contributed by atoms with Crippen LogP contribution in [0.15, 0.2) is 24.7 Å². The molecular formula is C21H23F3N8O2. The number of hydrogen-bond acceptors (Lipinski definition) is 8. The van der Waals surface area contributed by atoms with E-state index in [2.05, 4.69) is 30.7 Å². The molecule has 4 rings (SSSR count). The van der Waals surface area contributed by atoms with Gasteiger partial charge in [-0.3, -0.25) is 14.5 Å². The second-order valence-electron chi connectivity index (χ2n) is 7.89. The molecule has 1 amide bonds. The van der Waals surface area contributed by atoms with Crippen molar-refractivity contribution in [1.29, 1.82) is 0 Å². The molecular weight excluding hydrogens is 453 g/mol. The van der Waals surface area contributed by atoms with Crippen LogP contribution in [0.2, 0.25) is 0 Å². The van der Waals surface area contributed by atoms with Crippen LogP contribution in [0.5, 0.6) is 5.75 Å². The number of pyridine rings is 1. The van der Waals surface area contributed by atoms with E-state index < -0.39 is 11.9 Å². The summed E-state index contributed by atoms with van der Waals surface area (Å²) in [6.07, 6.45) is -0.0202. The Labute approximate surface area is 193 Å². The van der Waals surface area contributed by atoms with Crippen molar-refractivity contribution in [2.75, 3.05) is 29.7 Å². The number of anilines is 3. The first-order valence-electron chi connectivity index (χ1n) is 10.3. The molecule has 0 aliphatic carbocycles. The molecule has 0 unspecified atom stereocenters. The fraction of sp³-hybridized carbons (Fsp3) is 0.381. The summed E-state index contributed by atoms with van der Waals surface area (Å²) < 4.78 is 45.4. The van der Waals surface area contributed by atoms with Gasteiger partial charge in [0.2, 0.25) is 11.9 Å². The highest BCUT2D eigenvalue weighted by molar-refractivity contribution is 6.03. The topological polar surface area (TPSA) is 110 Å². The van der Waals surface area contributed by atoms with Crippen molar-refractivity contribution in [3.63, 3.8) is 0 Å². The van der Waals surface area contributed by atoms with E-state index in [0.717, 1.165) is 17.8 Å². The number of amides is 1. The molecule has 34 heavy (non-hydrogen) atoms. The van der Waals surface area contributed by atoms with E-state index in [1.54, 1.807) is 42.9 Å². The van der Waals surface area contributed by atoms with Crippen LogP contribution in [0.4, 0.5) is 30.6 Å². The molecule has 0 radical (unpaired) electrons. The largest absolute Gasteiger partial charge is 0.496 e. The Hall–Kier alpha value is -3.90. The number of rotatable bonds is 6. The van der Waals surface area contributed by atoms with Crippen molar-refractivity contribution in [3.8, 4) is 5.75 Å². The molecule has 1 atom stereocenters. The Bertz CT molecular complexity index is 1230. The molecule has 10 nitrogen and oxygen atoms in total. The predicted octanol–water partition coefficient (Wildman–Crippen LogP) is 2.84. The normalized spacial score (nSPS) is 15.7. The average molecular weight is 476 g/mol. The number of aromatic nitrogens is 5. The number of hydrogen-bond donors (Lipinski definition) is 2. The van der Waals surface area contributed by atoms with Gasteiger partial charge in [0.05, 0.1) is 25.5 Å². The molecule has 13 heteroatoms. The summed E-state index contributed by atoms with van der Waals surface area (Å²) in [5.41, 5.74) is 1.48. The van der Waals surface area contributed by atoms with Crippen molar-refractivity contribution in [3.05, 3.63) is 47.2 Å². The zero-order chi connectivity index (χ0) is 24.6. The van der Waals surface area contributed by atoms with E-state index in [0.29, 0.717) is 35.3 Å². The van der Waals surface area contributed by atoms with Crippen LogP contribution < -0.4 is 20.3 Å². The number of carbonyl (C=O) groups excluding carboxylic acids is 1. The lowest BCUT2D eigenvalue weighted by molar-refractivity contribution is -0.141. The van der Waals surface area contributed by atoms with Crippen LogP contribution in [0, 0.1) is 6.92 Å². The van der Waals surface area contributed by atoms with Gasteiger partial charge in [-0.25, -0.2) is 4.98 Å². The number of methoxy groups -OCH3 is 1. The summed E-state index contributed by atoms with van der Waals surface area (Å²) in [6, 6.07) is 0.515. The standard InChI is InChI=1S/C21H23F3N8O2/c1-11-17-18(31(3)12(2)19(33)29-17)30-20(28-11)26-6-13-7-27-32(9-13)10-14-8-25-16(21(22,23)24)5-15(14)34-4/h5,7-9,12H,6,10H2,1-4H3,(H,29,33)(H,26,28,30)/t12-/m0/s1. The second-order valence-corrected chi connectivity index (χ2v) is 7.89. The highest BCUT2D eigenvalue weighted by Gasteiger charge is 2.33. The average Bonchev–Trinajstić information content (AvgIpc) is 3.24. The monoisotopic (exact) mass is 476 g/mol. The minimum atomic E-state index is -4.55. The van der Waals surface area contributed by atoms with Gasteiger partial charge in [-0.1, -0.05) is 0 Å². The zero-order valence-corrected chi connectivity index (χ0v) is 18.9. The minimum Gasteiger partial charge on any atom is -0.496 e. The lowest BCUT2D eigenvalue weighted by Gasteiger charge is -2.32. The first kappa shape index (κ1) is 23.3. The number of fused-ring (bicyclic) bond motifs is 1. The third-order valence-electron chi connectivity index (χ3n) is 5.54. The maximum atomic E-state index is 12.9. The lowest BCUT2D eigenvalue weighted by atomic mass is 10.2. The molecule has 3 aromatic heterocycles. The highest BCUT2D eigenvalue weighted by Crippen LogP contribution is 2.33. The number of nitrogens with zero attached hydrogens (tertiary/aromatic N) is 6. The van der Waals surface area contributed by atoms with Crippen LogP contribution in [0.25, 0.3) is 0 Å². The quantitative estimate of drug-likeness (QED) is 0.559. The fourth-order valence-electron chi connectivity index (χ4n) is 3.49. The van der Waals surface area contributed by atoms with E-state index >= 15 is 0 Å². The number of nitrogens with one attached hydrogen (secondary N) is 2. The second kappa shape index (κ2) is 8.80. The van der Waals surface area contributed by atoms with Gasteiger partial charge in [-0.15, -0.1) is 0 Å². The molecule has 180 valence electrons. The van der Waals surface area contributed by atoms with E-state index in [4.69, 9.17) is 4.74 Å². The number of ether oxygens (including phenoxy) is 1. The van der Waals surface area contributed by atoms with E-state index in [9.17, 15) is 18.0 Å². The van der Waals surface area contributed by atoms with Crippen LogP contribution in [0.3, 0.4) is 0 Å². The SMILES string of the molecule is COc1cc(C(F)(F)F)ncc1Cn1cc(CNc2nc(C)c3c(n2)N(C)[C@@H](C)C(=O)N3)cn1. The fourth-order valence-corrected chi connectivity index (χ4v) is 3.49. The summed E-state index contributed by atoms with van der Waals surface area (Å²) >= 11 is 0. The molecule has 1 aliphatic rings. The number of carbonyl (C=O) groups is 1. The lowest BCUT2D eigenvalue weighted by Crippen LogP contribution is -2.44. The Balaban J connectivity index is 1.46. The van der Waals surface area contributed by atoms with Crippen molar-refractivity contribution in [2.45, 2.75) is 39.2 Å². The summed E-state index contributed by atoms with van der Waals surface area (Å²) in [5, 5.41) is 10.2. The summed E-state index contributed by atoms with van der Waals surface area (Å²) in [5.74, 6) is 0.989. The van der Waals surface area contributed by atoms with Crippen LogP contribution in [-0.4, -0.2) is 50.8 Å². The Morgan fingerprint density at radius 1 is 1.26 bits per heavy atom. The maximum Gasteiger partial charge on any atom is 0.433 e. The van der Waals surface area contributed by atoms with Gasteiger partial charge in [0.1, 0.15) is 23.2 Å². The van der Waals surface area contributed by atoms with Crippen LogP contribution in [-0.2, 0) is 24.1 Å². The third kappa shape index (κ3) is 4.58. The first-order valence-corrected chi connectivity index (χ1v) is 10.3. The summed E-state index contributed by atoms with van der Waals surface area (Å²) in [6.45, 7) is 4.13. The van der Waals surface area contributed by atoms with Gasteiger partial charge < -0.3 is 20.3 Å². The van der Waals surface area contributed by atoms with Crippen molar-refractivity contribution in [2.24, 2.45) is 0 Å². The highest BCUT2D eigenvalue weighted by atomic mass is 19.4. The smallest absolute Gasteiger partial charge is 0.433 e. The van der Waals surface area contributed by atoms with Gasteiger partial charge in [0, 0.05) is 43.2 Å². The van der Waals surface area contributed by atoms with E-state index in [1.165, 1.54) is 7.11 Å². The van der Waals surface area contributed by atoms with Gasteiger partial charge in [-0.05, 0) is 13.8 Å². The molecule has 0 saturated carbocycles. The number of likely N-dealkylation sites (N-methyl/N-ethyl adjacent to an activating group) is 1. The van der Waals surface area contributed by atoms with E-state index in [1.807, 2.05) is 0 Å². The van der Waals surface area contributed by atoms with Gasteiger partial charge in [-0.2, -0.15) is 23.3 Å². The molecule has 0 fully saturated rings. The summed E-state index contributed by atoms with van der Waals surface area (Å²) in [7, 11) is 3.11. The van der Waals surface area contributed by atoms with Gasteiger partial charge in [0.15, 0.2) is 5.82 Å². The molecule has 0 spiro atoms. The Morgan fingerprint density at radius 2 is 2.03 bits per heavy atom. The summed E-state index contributed by atoms with van der Waals surface area (Å²) in [4.78, 5) is 26.3. The molecule has 0 bridgehead atoms. The molecule has 1 aliphatic heterocycles. The molecule has 2 N–H and O–H groups in total. The van der Waals surface area contributed by atoms with Crippen molar-refractivity contribution in [1.82, 2.24) is 24.7 Å². The minimum absolute atomic E-state index is 0.0841. The molecule has 4 heterocycles. The Morgan fingerprint density at radius 3 is 2.74 bits per heavy atom. The predicted molar refractivity (Wildman–Crippen MR) is 118 cm³/mol. The third-order valence-corrected chi connectivity index (χ3v) is 5.54. The molecule has 3 aromatic rings. The number of aryl methyl sites for hydroxylation is 1. The molecule has 0 saturated heterocycles. The zero-order valence-electron chi connectivity index (χ0n) is 18.9. The van der Waals surface area contributed by atoms with E-state index in [-0.39, 0.29) is 24.2 Å². The van der Waals surface area contributed by atoms with Crippen LogP contribution >= 0.6 is 0 Å². The van der Waals surface area contributed by atoms with Gasteiger partial charge >= 0.3 is 6.18 Å². The Kier molecular flexibility index (Phi) is 6.02. The van der Waals surface area contributed by atoms with Crippen molar-refractivity contribution >= 4 is 23.4 Å². The molecule has 0 aromatic carbocycles. The number of halogens is 3. The first-order chi connectivity index (χ1) is 16.1. The number of alkyl halides is 3. The van der Waals surface area contributed by atoms with Crippen molar-refractivity contribution < 1.29 is 22.7 Å².